The van der Waals surface area contributed by atoms with Crippen molar-refractivity contribution in [2.45, 2.75) is 58.2 Å². The zero-order chi connectivity index (χ0) is 23.7. The van der Waals surface area contributed by atoms with Gasteiger partial charge in [0.25, 0.3) is 0 Å². The van der Waals surface area contributed by atoms with Crippen LogP contribution in [-0.4, -0.2) is 51.5 Å². The van der Waals surface area contributed by atoms with Crippen molar-refractivity contribution in [2.24, 2.45) is 0 Å². The van der Waals surface area contributed by atoms with Gasteiger partial charge in [-0.1, -0.05) is 11.6 Å². The van der Waals surface area contributed by atoms with Crippen molar-refractivity contribution >= 4 is 35.1 Å². The molecular formula is C22H27ClFN5O4. The minimum Gasteiger partial charge on any atom is -0.505 e. The third kappa shape index (κ3) is 4.49. The molecule has 0 saturated heterocycles. The summed E-state index contributed by atoms with van der Waals surface area (Å²) in [7, 11) is 0. The number of phenolic OH excluding ortho intramolecular Hbond substituents is 1. The highest BCUT2D eigenvalue weighted by Crippen LogP contribution is 2.44. The number of aliphatic hydroxyl groups excluding tert-OH is 1. The van der Waals surface area contributed by atoms with Crippen LogP contribution in [0.5, 0.6) is 11.5 Å². The summed E-state index contributed by atoms with van der Waals surface area (Å²) in [5.41, 5.74) is 0.356. The standard InChI is InChI=1S/C22H27ClFN5O4/c1-3-28-20-12(10-25-21(27-20)26-13-5-7-14(30)8-6-13)11-29(22(28)32)19-17(23)16(33-4-2)9-15(31)18(19)24/h9-10,13-14,30-31H,3-8,11H2,1-2H3,(H,25,26,27). The van der Waals surface area contributed by atoms with Gasteiger partial charge in [-0.05, 0) is 39.5 Å². The number of carbonyl (C=O) groups excluding carboxylic acids is 1. The molecule has 1 aliphatic carbocycles. The number of fused-ring (bicyclic) bond motifs is 1. The fourth-order valence-corrected chi connectivity index (χ4v) is 4.53. The summed E-state index contributed by atoms with van der Waals surface area (Å²) in [6.45, 7) is 4.04. The Balaban J connectivity index is 1.66. The van der Waals surface area contributed by atoms with E-state index in [-0.39, 0.29) is 48.3 Å². The Morgan fingerprint density at radius 2 is 2.03 bits per heavy atom. The summed E-state index contributed by atoms with van der Waals surface area (Å²) in [6, 6.07) is 0.717. The van der Waals surface area contributed by atoms with Gasteiger partial charge in [0, 0.05) is 30.4 Å². The van der Waals surface area contributed by atoms with Crippen LogP contribution in [0.1, 0.15) is 45.1 Å². The number of aromatic hydroxyl groups is 1. The fourth-order valence-electron chi connectivity index (χ4n) is 4.23. The lowest BCUT2D eigenvalue weighted by atomic mass is 9.93. The summed E-state index contributed by atoms with van der Waals surface area (Å²) in [4.78, 5) is 24.9. The van der Waals surface area contributed by atoms with Gasteiger partial charge in [0.1, 0.15) is 22.3 Å². The molecule has 0 bridgehead atoms. The van der Waals surface area contributed by atoms with Crippen LogP contribution < -0.4 is 19.9 Å². The first-order valence-corrected chi connectivity index (χ1v) is 11.4. The third-order valence-electron chi connectivity index (χ3n) is 5.93. The molecule has 1 aromatic heterocycles. The summed E-state index contributed by atoms with van der Waals surface area (Å²) < 4.78 is 20.3. The minimum absolute atomic E-state index is 0.0216. The summed E-state index contributed by atoms with van der Waals surface area (Å²) in [6.07, 6.45) is 4.39. The van der Waals surface area contributed by atoms with Gasteiger partial charge in [0.15, 0.2) is 11.6 Å². The van der Waals surface area contributed by atoms with E-state index in [1.165, 1.54) is 4.90 Å². The van der Waals surface area contributed by atoms with Crippen molar-refractivity contribution in [3.05, 3.63) is 28.7 Å². The predicted octanol–water partition coefficient (Wildman–Crippen LogP) is 4.06. The molecule has 0 spiro atoms. The molecule has 1 saturated carbocycles. The number of benzene rings is 1. The molecule has 0 unspecified atom stereocenters. The average Bonchev–Trinajstić information content (AvgIpc) is 2.80. The summed E-state index contributed by atoms with van der Waals surface area (Å²) >= 11 is 6.38. The van der Waals surface area contributed by atoms with Gasteiger partial charge in [-0.25, -0.2) is 14.2 Å². The van der Waals surface area contributed by atoms with Crippen LogP contribution in [0, 0.1) is 5.82 Å². The second-order valence-electron chi connectivity index (χ2n) is 8.11. The van der Waals surface area contributed by atoms with Crippen LogP contribution in [-0.2, 0) is 6.54 Å². The molecule has 178 valence electrons. The third-order valence-corrected chi connectivity index (χ3v) is 6.29. The van der Waals surface area contributed by atoms with E-state index in [9.17, 15) is 19.4 Å². The Morgan fingerprint density at radius 3 is 2.70 bits per heavy atom. The van der Waals surface area contributed by atoms with Gasteiger partial charge in [-0.3, -0.25) is 9.80 Å². The van der Waals surface area contributed by atoms with Crippen LogP contribution >= 0.6 is 11.6 Å². The first-order valence-electron chi connectivity index (χ1n) is 11.1. The molecule has 0 radical (unpaired) electrons. The number of carbonyl (C=O) groups is 1. The SMILES string of the molecule is CCOc1cc(O)c(F)c(N2Cc3cnc(NC4CCC(O)CC4)nc3N(CC)C2=O)c1Cl. The molecule has 1 fully saturated rings. The average molecular weight is 480 g/mol. The molecule has 3 N–H and O–H groups in total. The Kier molecular flexibility index (Phi) is 6.76. The van der Waals surface area contributed by atoms with Crippen molar-refractivity contribution in [2.75, 3.05) is 28.3 Å². The van der Waals surface area contributed by atoms with Gasteiger partial charge >= 0.3 is 6.03 Å². The lowest BCUT2D eigenvalue weighted by molar-refractivity contribution is 0.126. The molecule has 4 rings (SSSR count). The first-order chi connectivity index (χ1) is 15.8. The number of ether oxygens (including phenoxy) is 1. The maximum atomic E-state index is 14.9. The number of aromatic nitrogens is 2. The normalized spacial score (nSPS) is 20.6. The number of hydrogen-bond acceptors (Lipinski definition) is 7. The van der Waals surface area contributed by atoms with E-state index < -0.39 is 17.6 Å². The van der Waals surface area contributed by atoms with Crippen LogP contribution in [0.25, 0.3) is 0 Å². The number of hydrogen-bond donors (Lipinski definition) is 3. The number of aliphatic hydroxyl groups is 1. The number of nitrogens with zero attached hydrogens (tertiary/aromatic N) is 4. The molecule has 33 heavy (non-hydrogen) atoms. The predicted molar refractivity (Wildman–Crippen MR) is 123 cm³/mol. The molecule has 1 aromatic carbocycles. The largest absolute Gasteiger partial charge is 0.505 e. The van der Waals surface area contributed by atoms with Crippen molar-refractivity contribution in [3.63, 3.8) is 0 Å². The molecule has 2 amide bonds. The number of halogens is 2. The lowest BCUT2D eigenvalue weighted by Gasteiger charge is -2.36. The van der Waals surface area contributed by atoms with E-state index in [4.69, 9.17) is 16.3 Å². The minimum atomic E-state index is -1.00. The highest BCUT2D eigenvalue weighted by Gasteiger charge is 2.36. The smallest absolute Gasteiger partial charge is 0.330 e. The van der Waals surface area contributed by atoms with Gasteiger partial charge < -0.3 is 20.3 Å². The second-order valence-corrected chi connectivity index (χ2v) is 8.49. The zero-order valence-electron chi connectivity index (χ0n) is 18.5. The highest BCUT2D eigenvalue weighted by atomic mass is 35.5. The zero-order valence-corrected chi connectivity index (χ0v) is 19.3. The van der Waals surface area contributed by atoms with Crippen LogP contribution in [0.4, 0.5) is 26.6 Å². The monoisotopic (exact) mass is 479 g/mol. The topological polar surface area (TPSA) is 111 Å². The molecule has 2 aromatic rings. The molecule has 11 heteroatoms. The quantitative estimate of drug-likeness (QED) is 0.573. The lowest BCUT2D eigenvalue weighted by Crippen LogP contribution is -2.48. The van der Waals surface area contributed by atoms with Crippen molar-refractivity contribution in [1.82, 2.24) is 9.97 Å². The Bertz CT molecular complexity index is 1050. The van der Waals surface area contributed by atoms with Crippen molar-refractivity contribution < 1.29 is 24.1 Å². The van der Waals surface area contributed by atoms with Gasteiger partial charge in [0.05, 0.1) is 19.3 Å². The molecule has 0 atom stereocenters. The van der Waals surface area contributed by atoms with Crippen molar-refractivity contribution in [3.8, 4) is 11.5 Å². The number of amides is 2. The number of phenols is 1. The highest BCUT2D eigenvalue weighted by molar-refractivity contribution is 6.35. The Morgan fingerprint density at radius 1 is 1.30 bits per heavy atom. The van der Waals surface area contributed by atoms with Crippen molar-refractivity contribution in [1.29, 1.82) is 0 Å². The second kappa shape index (κ2) is 9.56. The van der Waals surface area contributed by atoms with Gasteiger partial charge in [-0.2, -0.15) is 4.98 Å². The number of nitrogens with one attached hydrogen (secondary N) is 1. The van der Waals surface area contributed by atoms with E-state index >= 15 is 0 Å². The maximum absolute atomic E-state index is 14.9. The molecular weight excluding hydrogens is 453 g/mol. The van der Waals surface area contributed by atoms with E-state index in [0.29, 0.717) is 17.3 Å². The van der Waals surface area contributed by atoms with E-state index in [0.717, 1.165) is 36.6 Å². The molecule has 1 aliphatic heterocycles. The van der Waals surface area contributed by atoms with E-state index in [2.05, 4.69) is 15.3 Å². The number of urea groups is 1. The van der Waals surface area contributed by atoms with Crippen LogP contribution in [0.3, 0.4) is 0 Å². The van der Waals surface area contributed by atoms with Crippen LogP contribution in [0.15, 0.2) is 12.3 Å². The van der Waals surface area contributed by atoms with E-state index in [1.54, 1.807) is 20.0 Å². The number of anilines is 3. The van der Waals surface area contributed by atoms with Gasteiger partial charge in [-0.15, -0.1) is 0 Å². The maximum Gasteiger partial charge on any atom is 0.330 e. The Labute approximate surface area is 196 Å². The molecule has 2 aliphatic rings. The van der Waals surface area contributed by atoms with Crippen LogP contribution in [0.2, 0.25) is 5.02 Å². The Hall–Kier alpha value is -2.85. The summed E-state index contributed by atoms with van der Waals surface area (Å²) in [5.74, 6) is -0.741. The van der Waals surface area contributed by atoms with Gasteiger partial charge in [0.2, 0.25) is 5.95 Å². The fraction of sp³-hybridized carbons (Fsp3) is 0.500. The molecule has 9 nitrogen and oxygen atoms in total. The first kappa shape index (κ1) is 23.3. The summed E-state index contributed by atoms with van der Waals surface area (Å²) in [5, 5.41) is 23.0. The molecule has 2 heterocycles. The van der Waals surface area contributed by atoms with E-state index in [1.807, 2.05) is 0 Å². The number of rotatable bonds is 6.